The van der Waals surface area contributed by atoms with E-state index in [0.717, 1.165) is 5.57 Å². The van der Waals surface area contributed by atoms with Crippen LogP contribution in [-0.2, 0) is 0 Å². The molecule has 0 heterocycles. The summed E-state index contributed by atoms with van der Waals surface area (Å²) in [4.78, 5) is 0. The molecule has 0 aliphatic carbocycles. The number of hydrogen-bond acceptors (Lipinski definition) is 1. The molecule has 0 unspecified atom stereocenters. The number of allylic oxidation sites excluding steroid dienone is 3. The Hall–Kier alpha value is -0.231. The second-order valence-corrected chi connectivity index (χ2v) is 19.0. The molecule has 0 atom stereocenters. The maximum atomic E-state index is 8.75. The van der Waals surface area contributed by atoms with E-state index in [-0.39, 0.29) is 0 Å². The third kappa shape index (κ3) is 8.84. The predicted octanol–water partition coefficient (Wildman–Crippen LogP) is 6.40. The molecule has 0 N–H and O–H groups in total. The fourth-order valence-electron chi connectivity index (χ4n) is 2.67. The SMILES string of the molecule is CCC[CH2][Sn](/[CH]=C/C(C)=C\C#N)([CH2]CCC)[CH2]CCC. The third-order valence-corrected chi connectivity index (χ3v) is 18.1. The Labute approximate surface area is 131 Å². The molecule has 0 amide bonds. The van der Waals surface area contributed by atoms with E-state index in [1.807, 2.05) is 0 Å². The molecule has 0 spiro atoms. The zero-order valence-corrected chi connectivity index (χ0v) is 16.9. The summed E-state index contributed by atoms with van der Waals surface area (Å²) in [5.41, 5.74) is 1.12. The van der Waals surface area contributed by atoms with Crippen molar-refractivity contribution in [3.63, 3.8) is 0 Å². The molecule has 0 aliphatic rings. The molecule has 0 saturated carbocycles. The summed E-state index contributed by atoms with van der Waals surface area (Å²) >= 11 is -2.12. The van der Waals surface area contributed by atoms with Gasteiger partial charge in [-0.25, -0.2) is 0 Å². The van der Waals surface area contributed by atoms with Crippen molar-refractivity contribution in [1.29, 1.82) is 5.26 Å². The van der Waals surface area contributed by atoms with Crippen molar-refractivity contribution in [3.8, 4) is 6.07 Å². The van der Waals surface area contributed by atoms with Crippen LogP contribution in [0.5, 0.6) is 0 Å². The second-order valence-electron chi connectivity index (χ2n) is 6.02. The monoisotopic (exact) mass is 383 g/mol. The molecule has 0 radical (unpaired) electrons. The molecule has 0 aromatic carbocycles. The van der Waals surface area contributed by atoms with E-state index >= 15 is 0 Å². The van der Waals surface area contributed by atoms with Crippen LogP contribution >= 0.6 is 0 Å². The molecule has 1 nitrogen and oxygen atoms in total. The topological polar surface area (TPSA) is 23.8 Å². The van der Waals surface area contributed by atoms with Gasteiger partial charge in [-0.2, -0.15) is 0 Å². The van der Waals surface area contributed by atoms with Gasteiger partial charge in [0, 0.05) is 0 Å². The van der Waals surface area contributed by atoms with Gasteiger partial charge < -0.3 is 0 Å². The van der Waals surface area contributed by atoms with Crippen LogP contribution < -0.4 is 0 Å². The Balaban J connectivity index is 5.02. The predicted molar refractivity (Wildman–Crippen MR) is 93.4 cm³/mol. The van der Waals surface area contributed by atoms with Crippen LogP contribution in [0.15, 0.2) is 21.8 Å². The van der Waals surface area contributed by atoms with Crippen molar-refractivity contribution in [3.05, 3.63) is 21.8 Å². The van der Waals surface area contributed by atoms with E-state index in [1.54, 1.807) is 6.08 Å². The van der Waals surface area contributed by atoms with Gasteiger partial charge in [0.25, 0.3) is 0 Å². The third-order valence-electron chi connectivity index (χ3n) is 4.08. The van der Waals surface area contributed by atoms with Crippen LogP contribution in [0.2, 0.25) is 13.3 Å². The molecule has 2 heteroatoms. The normalized spacial score (nSPS) is 12.8. The van der Waals surface area contributed by atoms with E-state index in [1.165, 1.54) is 51.8 Å². The van der Waals surface area contributed by atoms with Crippen LogP contribution in [0.4, 0.5) is 0 Å². The van der Waals surface area contributed by atoms with Crippen molar-refractivity contribution in [2.45, 2.75) is 79.5 Å². The molecule has 0 aliphatic heterocycles. The average molecular weight is 382 g/mol. The summed E-state index contributed by atoms with van der Waals surface area (Å²) in [5, 5.41) is 8.75. The Kier molecular flexibility index (Phi) is 12.4. The summed E-state index contributed by atoms with van der Waals surface area (Å²) in [5.74, 6) is 0. The molecular formula is C18H33NSn. The van der Waals surface area contributed by atoms with E-state index < -0.39 is 18.4 Å². The summed E-state index contributed by atoms with van der Waals surface area (Å²) in [6.07, 6.45) is 12.1. The van der Waals surface area contributed by atoms with Crippen LogP contribution in [0, 0.1) is 11.3 Å². The molecule has 0 aromatic rings. The summed E-state index contributed by atoms with van der Waals surface area (Å²) in [6.45, 7) is 8.97. The molecular weight excluding hydrogens is 349 g/mol. The minimum absolute atomic E-state index is 1.12. The summed E-state index contributed by atoms with van der Waals surface area (Å²) in [7, 11) is 0. The van der Waals surface area contributed by atoms with Gasteiger partial charge in [-0.3, -0.25) is 0 Å². The van der Waals surface area contributed by atoms with Gasteiger partial charge in [0.2, 0.25) is 0 Å². The molecule has 0 bridgehead atoms. The number of rotatable bonds is 11. The molecule has 0 aromatic heterocycles. The van der Waals surface area contributed by atoms with E-state index in [2.05, 4.69) is 43.9 Å². The van der Waals surface area contributed by atoms with E-state index in [0.29, 0.717) is 0 Å². The Morgan fingerprint density at radius 2 is 1.40 bits per heavy atom. The summed E-state index contributed by atoms with van der Waals surface area (Å²) < 4.78 is 7.13. The summed E-state index contributed by atoms with van der Waals surface area (Å²) in [6, 6.07) is 2.14. The van der Waals surface area contributed by atoms with Crippen molar-refractivity contribution < 1.29 is 0 Å². The fraction of sp³-hybridized carbons (Fsp3) is 0.722. The van der Waals surface area contributed by atoms with Crippen molar-refractivity contribution in [2.75, 3.05) is 0 Å². The van der Waals surface area contributed by atoms with Crippen LogP contribution in [0.1, 0.15) is 66.2 Å². The fourth-order valence-corrected chi connectivity index (χ4v) is 17.1. The van der Waals surface area contributed by atoms with Crippen LogP contribution in [0.3, 0.4) is 0 Å². The number of hydrogen-bond donors (Lipinski definition) is 0. The molecule has 0 rings (SSSR count). The van der Waals surface area contributed by atoms with Gasteiger partial charge in [0.1, 0.15) is 0 Å². The number of nitrogens with zero attached hydrogens (tertiary/aromatic N) is 1. The first kappa shape index (κ1) is 19.8. The standard InChI is InChI=1S/C6H6N.3C4H9.Sn/c1-3-6(2)4-5-7;3*1-3-4-2;/h1,3-4H,2H3;3*1,3-4H2,2H3;/b3-1?,6-4-;;;;. The molecule has 114 valence electrons. The van der Waals surface area contributed by atoms with Gasteiger partial charge in [0.15, 0.2) is 0 Å². The quantitative estimate of drug-likeness (QED) is 0.230. The van der Waals surface area contributed by atoms with Gasteiger partial charge in [-0.15, -0.1) is 0 Å². The average Bonchev–Trinajstić information content (AvgIpc) is 2.46. The first-order valence-corrected chi connectivity index (χ1v) is 16.1. The Bertz CT molecular complexity index is 314. The van der Waals surface area contributed by atoms with Crippen molar-refractivity contribution in [1.82, 2.24) is 0 Å². The minimum atomic E-state index is -2.12. The van der Waals surface area contributed by atoms with E-state index in [9.17, 15) is 0 Å². The van der Waals surface area contributed by atoms with Crippen LogP contribution in [-0.4, -0.2) is 18.4 Å². The number of unbranched alkanes of at least 4 members (excludes halogenated alkanes) is 3. The van der Waals surface area contributed by atoms with Gasteiger partial charge >= 0.3 is 131 Å². The van der Waals surface area contributed by atoms with E-state index in [4.69, 9.17) is 5.26 Å². The number of nitriles is 1. The zero-order valence-electron chi connectivity index (χ0n) is 14.0. The van der Waals surface area contributed by atoms with Crippen molar-refractivity contribution in [2.24, 2.45) is 0 Å². The van der Waals surface area contributed by atoms with Crippen LogP contribution in [0.25, 0.3) is 0 Å². The van der Waals surface area contributed by atoms with Gasteiger partial charge in [-0.1, -0.05) is 0 Å². The van der Waals surface area contributed by atoms with Crippen molar-refractivity contribution >= 4 is 18.4 Å². The zero-order chi connectivity index (χ0) is 15.3. The first-order chi connectivity index (χ1) is 9.64. The molecule has 20 heavy (non-hydrogen) atoms. The van der Waals surface area contributed by atoms with Gasteiger partial charge in [-0.05, 0) is 0 Å². The molecule has 0 fully saturated rings. The Morgan fingerprint density at radius 3 is 1.75 bits per heavy atom. The first-order valence-electron chi connectivity index (χ1n) is 8.39. The second kappa shape index (κ2) is 12.5. The maximum absolute atomic E-state index is 8.75. The van der Waals surface area contributed by atoms with Gasteiger partial charge in [0.05, 0.1) is 0 Å². The Morgan fingerprint density at radius 1 is 0.950 bits per heavy atom. The molecule has 0 saturated heterocycles.